The van der Waals surface area contributed by atoms with Crippen molar-refractivity contribution in [3.63, 3.8) is 0 Å². The van der Waals surface area contributed by atoms with Crippen LogP contribution in [-0.2, 0) is 19.9 Å². The number of hydrogen-bond donors (Lipinski definition) is 2. The van der Waals surface area contributed by atoms with Gasteiger partial charge in [-0.3, -0.25) is 9.59 Å². The molecule has 7 nitrogen and oxygen atoms in total. The molecule has 28 heavy (non-hydrogen) atoms. The minimum atomic E-state index is -1.56. The zero-order chi connectivity index (χ0) is 20.1. The van der Waals surface area contributed by atoms with E-state index in [1.165, 1.54) is 6.92 Å². The van der Waals surface area contributed by atoms with Gasteiger partial charge in [0, 0.05) is 12.8 Å². The van der Waals surface area contributed by atoms with Crippen molar-refractivity contribution in [2.45, 2.75) is 25.3 Å². The van der Waals surface area contributed by atoms with Crippen molar-refractivity contribution >= 4 is 23.5 Å². The van der Waals surface area contributed by atoms with Crippen LogP contribution in [0.25, 0.3) is 0 Å². The van der Waals surface area contributed by atoms with E-state index in [1.54, 1.807) is 47.4 Å². The fraction of sp³-hybridized carbons (Fsp3) is 0.286. The summed E-state index contributed by atoms with van der Waals surface area (Å²) in [6, 6.07) is 15.7. The summed E-state index contributed by atoms with van der Waals surface area (Å²) in [5.74, 6) is -1.24. The molecule has 0 saturated carbocycles. The summed E-state index contributed by atoms with van der Waals surface area (Å²) in [5, 5.41) is 12.2. The normalized spacial score (nSPS) is 15.0. The molecule has 2 amide bonds. The Hall–Kier alpha value is -3.35. The van der Waals surface area contributed by atoms with E-state index in [9.17, 15) is 19.5 Å². The highest BCUT2D eigenvalue weighted by molar-refractivity contribution is 5.97. The summed E-state index contributed by atoms with van der Waals surface area (Å²) in [5.41, 5.74) is -0.421. The van der Waals surface area contributed by atoms with Gasteiger partial charge < -0.3 is 20.1 Å². The van der Waals surface area contributed by atoms with Gasteiger partial charge in [0.05, 0.1) is 12.2 Å². The number of fused-ring (bicyclic) bond motifs is 1. The molecule has 1 atom stereocenters. The minimum absolute atomic E-state index is 0.0232. The van der Waals surface area contributed by atoms with Crippen molar-refractivity contribution in [2.24, 2.45) is 0 Å². The largest absolute Gasteiger partial charge is 0.490 e. The van der Waals surface area contributed by atoms with Crippen LogP contribution in [0.3, 0.4) is 0 Å². The Morgan fingerprint density at radius 1 is 1.07 bits per heavy atom. The van der Waals surface area contributed by atoms with Gasteiger partial charge in [-0.1, -0.05) is 42.5 Å². The number of carboxylic acids is 1. The molecule has 2 aromatic carbocycles. The quantitative estimate of drug-likeness (QED) is 0.799. The third-order valence-corrected chi connectivity index (χ3v) is 4.76. The first-order valence-corrected chi connectivity index (χ1v) is 9.04. The van der Waals surface area contributed by atoms with Gasteiger partial charge in [0.15, 0.2) is 5.54 Å². The molecule has 2 aromatic rings. The van der Waals surface area contributed by atoms with Gasteiger partial charge in [-0.05, 0) is 24.6 Å². The van der Waals surface area contributed by atoms with Gasteiger partial charge >= 0.3 is 5.97 Å². The van der Waals surface area contributed by atoms with Crippen molar-refractivity contribution in [3.8, 4) is 5.75 Å². The highest BCUT2D eigenvalue weighted by Gasteiger charge is 2.36. The van der Waals surface area contributed by atoms with Crippen LogP contribution in [0.2, 0.25) is 0 Å². The summed E-state index contributed by atoms with van der Waals surface area (Å²) in [7, 11) is 0. The third-order valence-electron chi connectivity index (χ3n) is 4.76. The van der Waals surface area contributed by atoms with Gasteiger partial charge in [0.1, 0.15) is 12.4 Å². The van der Waals surface area contributed by atoms with Crippen molar-refractivity contribution in [1.29, 1.82) is 0 Å². The number of carboxylic acid groups (broad SMARTS) is 1. The molecule has 0 fully saturated rings. The summed E-state index contributed by atoms with van der Waals surface area (Å²) in [4.78, 5) is 38.4. The number of ether oxygens (including phenoxy) is 1. The number of amides is 2. The number of aliphatic carboxylic acids is 1. The number of rotatable bonds is 6. The first-order valence-electron chi connectivity index (χ1n) is 9.04. The molecule has 1 unspecified atom stereocenters. The maximum atomic E-state index is 12.6. The zero-order valence-electron chi connectivity index (χ0n) is 15.6. The molecule has 1 aliphatic heterocycles. The number of hydrogen-bond acceptors (Lipinski definition) is 4. The first kappa shape index (κ1) is 19.4. The molecule has 7 heteroatoms. The summed E-state index contributed by atoms with van der Waals surface area (Å²) >= 11 is 0. The van der Waals surface area contributed by atoms with Crippen LogP contribution < -0.4 is 15.0 Å². The molecule has 146 valence electrons. The van der Waals surface area contributed by atoms with E-state index in [4.69, 9.17) is 4.74 Å². The summed E-state index contributed by atoms with van der Waals surface area (Å²) in [6.45, 7) is 2.23. The van der Waals surface area contributed by atoms with E-state index in [0.29, 0.717) is 30.2 Å². The Morgan fingerprint density at radius 3 is 2.46 bits per heavy atom. The lowest BCUT2D eigenvalue weighted by atomic mass is 9.92. The number of para-hydroxylation sites is 2. The molecule has 0 aliphatic carbocycles. The number of nitrogens with one attached hydrogen (secondary N) is 1. The van der Waals surface area contributed by atoms with Crippen molar-refractivity contribution < 1.29 is 24.2 Å². The van der Waals surface area contributed by atoms with Crippen LogP contribution >= 0.6 is 0 Å². The zero-order valence-corrected chi connectivity index (χ0v) is 15.6. The van der Waals surface area contributed by atoms with Crippen LogP contribution in [0, 0.1) is 0 Å². The molecule has 0 spiro atoms. The number of carbonyl (C=O) groups excluding carboxylic acids is 2. The van der Waals surface area contributed by atoms with E-state index < -0.39 is 17.4 Å². The van der Waals surface area contributed by atoms with Crippen LogP contribution in [0.5, 0.6) is 5.75 Å². The lowest BCUT2D eigenvalue weighted by molar-refractivity contribution is -0.147. The number of carbonyl (C=O) groups is 3. The van der Waals surface area contributed by atoms with Gasteiger partial charge in [-0.25, -0.2) is 4.79 Å². The molecular weight excluding hydrogens is 360 g/mol. The van der Waals surface area contributed by atoms with E-state index in [2.05, 4.69) is 5.32 Å². The molecule has 0 saturated heterocycles. The van der Waals surface area contributed by atoms with Gasteiger partial charge in [0.25, 0.3) is 0 Å². The number of benzene rings is 2. The van der Waals surface area contributed by atoms with Gasteiger partial charge in [-0.15, -0.1) is 0 Å². The van der Waals surface area contributed by atoms with E-state index in [-0.39, 0.29) is 18.7 Å². The average molecular weight is 382 g/mol. The second-order valence-electron chi connectivity index (χ2n) is 6.71. The highest BCUT2D eigenvalue weighted by Crippen LogP contribution is 2.31. The predicted octanol–water partition coefficient (Wildman–Crippen LogP) is 2.31. The monoisotopic (exact) mass is 382 g/mol. The topological polar surface area (TPSA) is 95.9 Å². The Kier molecular flexibility index (Phi) is 5.63. The molecule has 1 heterocycles. The van der Waals surface area contributed by atoms with E-state index >= 15 is 0 Å². The maximum Gasteiger partial charge on any atom is 0.333 e. The van der Waals surface area contributed by atoms with E-state index in [0.717, 1.165) is 0 Å². The molecule has 1 aliphatic rings. The molecular formula is C21H22N2O5. The lowest BCUT2D eigenvalue weighted by Crippen LogP contribution is -2.49. The maximum absolute atomic E-state index is 12.6. The van der Waals surface area contributed by atoms with Crippen molar-refractivity contribution in [2.75, 3.05) is 18.1 Å². The molecule has 3 rings (SSSR count). The Bertz CT molecular complexity index is 883. The Labute approximate surface area is 162 Å². The molecule has 2 N–H and O–H groups in total. The van der Waals surface area contributed by atoms with Crippen molar-refractivity contribution in [1.82, 2.24) is 5.32 Å². The van der Waals surface area contributed by atoms with Crippen LogP contribution in [0.15, 0.2) is 54.6 Å². The minimum Gasteiger partial charge on any atom is -0.490 e. The standard InChI is InChI=1S/C21H22N2O5/c1-21(20(26)27,15-7-3-2-4-8-15)22-18(24)11-12-19(25)23-13-14-28-17-10-6-5-9-16(17)23/h2-10H,11-14H2,1H3,(H,22,24)(H,26,27). The fourth-order valence-electron chi connectivity index (χ4n) is 3.15. The first-order chi connectivity index (χ1) is 13.4. The second kappa shape index (κ2) is 8.12. The van der Waals surface area contributed by atoms with Gasteiger partial charge in [0.2, 0.25) is 11.8 Å². The molecule has 0 radical (unpaired) electrons. The molecule has 0 bridgehead atoms. The van der Waals surface area contributed by atoms with Crippen LogP contribution in [-0.4, -0.2) is 36.0 Å². The lowest BCUT2D eigenvalue weighted by Gasteiger charge is -2.30. The summed E-state index contributed by atoms with van der Waals surface area (Å²) in [6.07, 6.45) is -0.126. The highest BCUT2D eigenvalue weighted by atomic mass is 16.5. The summed E-state index contributed by atoms with van der Waals surface area (Å²) < 4.78 is 5.53. The molecule has 0 aromatic heterocycles. The third kappa shape index (κ3) is 3.98. The number of nitrogens with zero attached hydrogens (tertiary/aromatic N) is 1. The van der Waals surface area contributed by atoms with Crippen LogP contribution in [0.1, 0.15) is 25.3 Å². The number of anilines is 1. The Morgan fingerprint density at radius 2 is 1.75 bits per heavy atom. The smallest absolute Gasteiger partial charge is 0.333 e. The Balaban J connectivity index is 1.64. The predicted molar refractivity (Wildman–Crippen MR) is 103 cm³/mol. The van der Waals surface area contributed by atoms with Crippen LogP contribution in [0.4, 0.5) is 5.69 Å². The SMILES string of the molecule is CC(NC(=O)CCC(=O)N1CCOc2ccccc21)(C(=O)O)c1ccccc1. The second-order valence-corrected chi connectivity index (χ2v) is 6.71. The fourth-order valence-corrected chi connectivity index (χ4v) is 3.15. The van der Waals surface area contributed by atoms with Crippen molar-refractivity contribution in [3.05, 3.63) is 60.2 Å². The van der Waals surface area contributed by atoms with Gasteiger partial charge in [-0.2, -0.15) is 0 Å². The average Bonchev–Trinajstić information content (AvgIpc) is 2.72. The van der Waals surface area contributed by atoms with E-state index in [1.807, 2.05) is 12.1 Å².